The number of amidine groups is 1. The molecule has 1 aromatic carbocycles. The van der Waals surface area contributed by atoms with E-state index in [0.29, 0.717) is 5.17 Å². The van der Waals surface area contributed by atoms with Gasteiger partial charge in [0.05, 0.1) is 12.6 Å². The first-order chi connectivity index (χ1) is 10.1. The third kappa shape index (κ3) is 4.16. The molecule has 110 valence electrons. The van der Waals surface area contributed by atoms with Crippen LogP contribution < -0.4 is 5.32 Å². The van der Waals surface area contributed by atoms with Gasteiger partial charge in [-0.3, -0.25) is 9.59 Å². The van der Waals surface area contributed by atoms with Crippen LogP contribution in [0.1, 0.15) is 24.5 Å². The first-order valence-electron chi connectivity index (χ1n) is 6.48. The Hall–Kier alpha value is -2.15. The fourth-order valence-corrected chi connectivity index (χ4v) is 2.79. The number of carbonyl (C=O) groups excluding carboxylic acids is 1. The summed E-state index contributed by atoms with van der Waals surface area (Å²) < 4.78 is 0. The van der Waals surface area contributed by atoms with Crippen LogP contribution in [-0.4, -0.2) is 33.6 Å². The minimum atomic E-state index is -1.01. The third-order valence-corrected chi connectivity index (χ3v) is 3.99. The molecule has 7 heteroatoms. The van der Waals surface area contributed by atoms with E-state index in [9.17, 15) is 9.59 Å². The van der Waals surface area contributed by atoms with E-state index in [0.717, 1.165) is 29.3 Å². The zero-order valence-corrected chi connectivity index (χ0v) is 12.3. The summed E-state index contributed by atoms with van der Waals surface area (Å²) in [6.45, 7) is 2.06. The SMILES string of the molecule is CCc1ccccc1C=NN=C1NC(=O)C(CC(=O)O)S1. The molecule has 0 aromatic heterocycles. The van der Waals surface area contributed by atoms with Crippen LogP contribution in [0.5, 0.6) is 0 Å². The highest BCUT2D eigenvalue weighted by Crippen LogP contribution is 2.22. The first kappa shape index (κ1) is 15.2. The van der Waals surface area contributed by atoms with Gasteiger partial charge in [-0.25, -0.2) is 0 Å². The molecular weight excluding hydrogens is 290 g/mol. The molecule has 0 spiro atoms. The predicted octanol–water partition coefficient (Wildman–Crippen LogP) is 1.65. The summed E-state index contributed by atoms with van der Waals surface area (Å²) in [7, 11) is 0. The molecule has 1 fully saturated rings. The van der Waals surface area contributed by atoms with Gasteiger partial charge in [-0.1, -0.05) is 43.0 Å². The lowest BCUT2D eigenvalue weighted by Crippen LogP contribution is -2.26. The number of aliphatic carboxylic acids is 1. The predicted molar refractivity (Wildman–Crippen MR) is 82.6 cm³/mol. The van der Waals surface area contributed by atoms with Crippen LogP contribution in [0.4, 0.5) is 0 Å². The Labute approximate surface area is 126 Å². The summed E-state index contributed by atoms with van der Waals surface area (Å²) in [5.74, 6) is -1.35. The summed E-state index contributed by atoms with van der Waals surface area (Å²) in [4.78, 5) is 22.1. The van der Waals surface area contributed by atoms with Crippen molar-refractivity contribution < 1.29 is 14.7 Å². The molecule has 1 amide bonds. The number of rotatable bonds is 5. The van der Waals surface area contributed by atoms with E-state index >= 15 is 0 Å². The molecule has 0 saturated carbocycles. The van der Waals surface area contributed by atoms with Crippen LogP contribution in [-0.2, 0) is 16.0 Å². The van der Waals surface area contributed by atoms with Gasteiger partial charge in [0.2, 0.25) is 5.91 Å². The maximum atomic E-state index is 11.5. The average molecular weight is 305 g/mol. The molecule has 21 heavy (non-hydrogen) atoms. The van der Waals surface area contributed by atoms with Gasteiger partial charge in [0.25, 0.3) is 0 Å². The lowest BCUT2D eigenvalue weighted by Gasteiger charge is -2.00. The van der Waals surface area contributed by atoms with Crippen LogP contribution in [0.2, 0.25) is 0 Å². The third-order valence-electron chi connectivity index (χ3n) is 2.92. The molecule has 1 saturated heterocycles. The Morgan fingerprint density at radius 1 is 1.48 bits per heavy atom. The van der Waals surface area contributed by atoms with E-state index in [4.69, 9.17) is 5.11 Å². The van der Waals surface area contributed by atoms with Crippen molar-refractivity contribution in [2.45, 2.75) is 25.0 Å². The monoisotopic (exact) mass is 305 g/mol. The lowest BCUT2D eigenvalue weighted by atomic mass is 10.1. The normalized spacial score (nSPS) is 20.1. The van der Waals surface area contributed by atoms with Crippen molar-refractivity contribution in [3.63, 3.8) is 0 Å². The van der Waals surface area contributed by atoms with E-state index in [1.807, 2.05) is 24.3 Å². The highest BCUT2D eigenvalue weighted by atomic mass is 32.2. The van der Waals surface area contributed by atoms with Crippen molar-refractivity contribution in [1.29, 1.82) is 0 Å². The number of carboxylic acids is 1. The van der Waals surface area contributed by atoms with Crippen molar-refractivity contribution in [3.8, 4) is 0 Å². The van der Waals surface area contributed by atoms with Crippen molar-refractivity contribution in [3.05, 3.63) is 35.4 Å². The molecule has 0 radical (unpaired) electrons. The van der Waals surface area contributed by atoms with Crippen molar-refractivity contribution in [2.75, 3.05) is 0 Å². The number of nitrogens with zero attached hydrogens (tertiary/aromatic N) is 2. The number of aryl methyl sites for hydroxylation is 1. The van der Waals surface area contributed by atoms with Crippen LogP contribution >= 0.6 is 11.8 Å². The number of benzene rings is 1. The van der Waals surface area contributed by atoms with Crippen LogP contribution in [0, 0.1) is 0 Å². The van der Waals surface area contributed by atoms with Gasteiger partial charge < -0.3 is 10.4 Å². The second-order valence-corrected chi connectivity index (χ2v) is 5.59. The van der Waals surface area contributed by atoms with Gasteiger partial charge >= 0.3 is 5.97 Å². The van der Waals surface area contributed by atoms with E-state index < -0.39 is 11.2 Å². The van der Waals surface area contributed by atoms with Gasteiger partial charge in [0.15, 0.2) is 5.17 Å². The highest BCUT2D eigenvalue weighted by Gasteiger charge is 2.32. The molecule has 0 aliphatic carbocycles. The molecule has 1 atom stereocenters. The molecule has 6 nitrogen and oxygen atoms in total. The van der Waals surface area contributed by atoms with Crippen molar-refractivity contribution in [1.82, 2.24) is 5.32 Å². The number of amides is 1. The second kappa shape index (κ2) is 7.03. The smallest absolute Gasteiger partial charge is 0.305 e. The lowest BCUT2D eigenvalue weighted by molar-refractivity contribution is -0.138. The maximum absolute atomic E-state index is 11.5. The van der Waals surface area contributed by atoms with Gasteiger partial charge in [0, 0.05) is 0 Å². The minimum Gasteiger partial charge on any atom is -0.481 e. The Bertz CT molecular complexity index is 613. The number of nitrogens with one attached hydrogen (secondary N) is 1. The van der Waals surface area contributed by atoms with Crippen LogP contribution in [0.15, 0.2) is 34.5 Å². The molecule has 1 unspecified atom stereocenters. The molecule has 1 aliphatic rings. The minimum absolute atomic E-state index is 0.224. The average Bonchev–Trinajstić information content (AvgIpc) is 2.79. The zero-order valence-electron chi connectivity index (χ0n) is 11.4. The van der Waals surface area contributed by atoms with Gasteiger partial charge in [-0.15, -0.1) is 5.10 Å². The van der Waals surface area contributed by atoms with Crippen molar-refractivity contribution in [2.24, 2.45) is 10.2 Å². The number of carbonyl (C=O) groups is 2. The van der Waals surface area contributed by atoms with Crippen molar-refractivity contribution >= 4 is 35.0 Å². The summed E-state index contributed by atoms with van der Waals surface area (Å²) in [5.41, 5.74) is 2.13. The highest BCUT2D eigenvalue weighted by molar-refractivity contribution is 8.15. The quantitative estimate of drug-likeness (QED) is 0.639. The molecule has 2 N–H and O–H groups in total. The number of hydrogen-bond acceptors (Lipinski definition) is 5. The number of hydrogen-bond donors (Lipinski definition) is 2. The topological polar surface area (TPSA) is 91.1 Å². The second-order valence-electron chi connectivity index (χ2n) is 4.40. The molecular formula is C14H15N3O3S. The van der Waals surface area contributed by atoms with E-state index in [2.05, 4.69) is 22.4 Å². The van der Waals surface area contributed by atoms with Crippen LogP contribution in [0.3, 0.4) is 0 Å². The van der Waals surface area contributed by atoms with E-state index in [1.54, 1.807) is 6.21 Å². The zero-order chi connectivity index (χ0) is 15.2. The fraction of sp³-hybridized carbons (Fsp3) is 0.286. The Morgan fingerprint density at radius 3 is 2.95 bits per heavy atom. The van der Waals surface area contributed by atoms with Crippen LogP contribution in [0.25, 0.3) is 0 Å². The Kier molecular flexibility index (Phi) is 5.10. The molecule has 2 rings (SSSR count). The van der Waals surface area contributed by atoms with Gasteiger partial charge in [0.1, 0.15) is 5.25 Å². The molecule has 1 aliphatic heterocycles. The Balaban J connectivity index is 2.03. The number of carboxylic acid groups (broad SMARTS) is 1. The molecule has 1 heterocycles. The molecule has 0 bridgehead atoms. The molecule has 1 aromatic rings. The van der Waals surface area contributed by atoms with Gasteiger partial charge in [-0.05, 0) is 17.5 Å². The summed E-state index contributed by atoms with van der Waals surface area (Å²) in [6, 6.07) is 7.84. The summed E-state index contributed by atoms with van der Waals surface area (Å²) in [5, 5.41) is 18.8. The Morgan fingerprint density at radius 2 is 2.24 bits per heavy atom. The van der Waals surface area contributed by atoms with E-state index in [1.165, 1.54) is 0 Å². The first-order valence-corrected chi connectivity index (χ1v) is 7.36. The van der Waals surface area contributed by atoms with E-state index in [-0.39, 0.29) is 12.3 Å². The number of thioether (sulfide) groups is 1. The summed E-state index contributed by atoms with van der Waals surface area (Å²) in [6.07, 6.45) is 2.30. The maximum Gasteiger partial charge on any atom is 0.305 e. The standard InChI is InChI=1S/C14H15N3O3S/c1-2-9-5-3-4-6-10(9)8-15-17-14-16-13(20)11(21-14)7-12(18)19/h3-6,8,11H,2,7H2,1H3,(H,18,19)(H,16,17,20). The largest absolute Gasteiger partial charge is 0.481 e. The summed E-state index contributed by atoms with van der Waals surface area (Å²) >= 11 is 1.09. The fourth-order valence-electron chi connectivity index (χ4n) is 1.87. The van der Waals surface area contributed by atoms with Gasteiger partial charge in [-0.2, -0.15) is 5.10 Å².